The maximum Gasteiger partial charge on any atom is 0.135 e. The quantitative estimate of drug-likeness (QED) is 0.156. The van der Waals surface area contributed by atoms with E-state index >= 15 is 0 Å². The molecule has 4 heterocycles. The minimum Gasteiger partial charge on any atom is -0.509 e. The Bertz CT molecular complexity index is 4740. The number of para-hydroxylation sites is 2. The van der Waals surface area contributed by atoms with Crippen LogP contribution in [0.5, 0.6) is 11.5 Å². The van der Waals surface area contributed by atoms with Gasteiger partial charge in [-0.25, -0.2) is 4.98 Å². The number of pyridine rings is 1. The molecule has 0 bridgehead atoms. The van der Waals surface area contributed by atoms with Crippen LogP contribution in [0.1, 0.15) is 91.1 Å². The molecule has 0 fully saturated rings. The molecule has 5 nitrogen and oxygen atoms in total. The molecule has 78 heavy (non-hydrogen) atoms. The Kier molecular flexibility index (Phi) is 10.1. The van der Waals surface area contributed by atoms with E-state index in [9.17, 15) is 0 Å². The van der Waals surface area contributed by atoms with Crippen molar-refractivity contribution in [2.45, 2.75) is 78.3 Å². The van der Waals surface area contributed by atoms with Gasteiger partial charge in [-0.2, -0.15) is 12.1 Å². The fourth-order valence-electron chi connectivity index (χ4n) is 11.2. The van der Waals surface area contributed by atoms with Crippen LogP contribution in [0.25, 0.3) is 93.2 Å². The molecule has 0 radical (unpaired) electrons. The predicted octanol–water partition coefficient (Wildman–Crippen LogP) is 19.5. The van der Waals surface area contributed by atoms with Crippen molar-refractivity contribution in [3.8, 4) is 39.6 Å². The fourth-order valence-corrected chi connectivity index (χ4v) is 11.2. The molecule has 0 N–H and O–H groups in total. The van der Waals surface area contributed by atoms with Gasteiger partial charge >= 0.3 is 0 Å². The van der Waals surface area contributed by atoms with Crippen LogP contribution in [-0.4, -0.2) is 14.1 Å². The van der Waals surface area contributed by atoms with Crippen LogP contribution in [0.2, 0.25) is 0 Å². The summed E-state index contributed by atoms with van der Waals surface area (Å²) in [5, 5.41) is 7.65. The van der Waals surface area contributed by atoms with E-state index in [2.05, 4.69) is 139 Å². The third-order valence-corrected chi connectivity index (χ3v) is 15.1. The van der Waals surface area contributed by atoms with Crippen LogP contribution in [0.3, 0.4) is 0 Å². The summed E-state index contributed by atoms with van der Waals surface area (Å²) in [6.07, 6.45) is 1.86. The van der Waals surface area contributed by atoms with Gasteiger partial charge in [0.2, 0.25) is 0 Å². The summed E-state index contributed by atoms with van der Waals surface area (Å²) in [6.45, 7) is 3.98. The van der Waals surface area contributed by atoms with Gasteiger partial charge in [0.25, 0.3) is 0 Å². The molecule has 0 spiro atoms. The fraction of sp³-hybridized carbons (Fsp3) is 0.167. The predicted molar refractivity (Wildman–Crippen MR) is 324 cm³/mol. The first-order valence-electron chi connectivity index (χ1n) is 30.6. The largest absolute Gasteiger partial charge is 0.509 e. The summed E-state index contributed by atoms with van der Waals surface area (Å²) >= 11 is 0. The first kappa shape index (κ1) is 41.0. The molecule has 13 rings (SSSR count). The summed E-state index contributed by atoms with van der Waals surface area (Å²) in [6, 6.07) is 71.6. The van der Waals surface area contributed by atoms with Gasteiger partial charge < -0.3 is 18.8 Å². The molecule has 0 saturated heterocycles. The number of rotatable bonds is 6. The SMILES string of the molecule is [2H]C([2H])([2H])C(c1cc(-c2cccc3c4ccccc4c4ccccc4c4ccc(-c5ccccc5)c5c4n(c23)[CH-]N5c2[c-]c(Oc3[c-]c4c(cc3)c3ccccc3n4-c3cc(C(C)(C)C)ccn3)ccc2)cc(C(C)(C)C)c1)(C([2H])([2H])[2H])C([2H])([2H])[2H].[Pt]. The van der Waals surface area contributed by atoms with Crippen molar-refractivity contribution in [3.63, 3.8) is 0 Å². The van der Waals surface area contributed by atoms with Gasteiger partial charge in [0, 0.05) is 62.3 Å². The molecule has 3 aromatic heterocycles. The smallest absolute Gasteiger partial charge is 0.135 e. The van der Waals surface area contributed by atoms with Gasteiger partial charge in [-0.15, -0.1) is 35.7 Å². The normalized spacial score (nSPS) is 14.8. The standard InChI is InChI=1S/C72H61N4O.Pt/c1-70(2,3)48-37-38-73-66(42-48)76-64-32-18-17-29-60(64)61-34-33-53(44-65(61)76)77-52-24-19-23-51(43-52)74-45-75-67-54(47-39-49(71(4,5)6)41-50(40-47)72(7,8)9)30-20-31-62(67)58-27-15-13-25-56(58)57-26-14-16-28-59(57)63-36-35-55(68(74)69(63)75)46-21-11-10-12-22-46;/h10-42,45H,1-9H3;/q-3;/i4D3,5D3,6D3;. The molecule has 0 unspecified atom stereocenters. The maximum absolute atomic E-state index is 8.88. The molecule has 0 saturated carbocycles. The van der Waals surface area contributed by atoms with E-state index in [0.717, 1.165) is 87.8 Å². The zero-order chi connectivity index (χ0) is 60.5. The summed E-state index contributed by atoms with van der Waals surface area (Å²) in [4.78, 5) is 7.02. The molecular weight excluding hydrogens is 1130 g/mol. The average molecular weight is 1200 g/mol. The topological polar surface area (TPSA) is 35.2 Å². The molecule has 1 aliphatic rings. The average Bonchev–Trinajstić information content (AvgIpc) is 1.36. The van der Waals surface area contributed by atoms with E-state index in [1.165, 1.54) is 12.1 Å². The van der Waals surface area contributed by atoms with E-state index in [0.29, 0.717) is 39.4 Å². The van der Waals surface area contributed by atoms with Crippen LogP contribution in [0, 0.1) is 18.8 Å². The molecule has 6 heteroatoms. The van der Waals surface area contributed by atoms with Crippen LogP contribution >= 0.6 is 0 Å². The Morgan fingerprint density at radius 2 is 1.06 bits per heavy atom. The summed E-state index contributed by atoms with van der Waals surface area (Å²) in [5.41, 5.74) is 5.07. The summed E-state index contributed by atoms with van der Waals surface area (Å²) in [7, 11) is 0. The monoisotopic (exact) mass is 1200 g/mol. The first-order chi connectivity index (χ1) is 40.8. The van der Waals surface area contributed by atoms with Crippen molar-refractivity contribution < 1.29 is 38.1 Å². The Hall–Kier alpha value is -8.11. The van der Waals surface area contributed by atoms with E-state index in [1.807, 2.05) is 124 Å². The van der Waals surface area contributed by atoms with Gasteiger partial charge in [0.05, 0.1) is 0 Å². The van der Waals surface area contributed by atoms with Crippen molar-refractivity contribution in [2.24, 2.45) is 0 Å². The van der Waals surface area contributed by atoms with Gasteiger partial charge in [-0.3, -0.25) is 0 Å². The Balaban J connectivity index is 0.00000739. The summed E-state index contributed by atoms with van der Waals surface area (Å²) < 4.78 is 91.1. The Morgan fingerprint density at radius 3 is 1.76 bits per heavy atom. The van der Waals surface area contributed by atoms with Gasteiger partial charge in [-0.1, -0.05) is 219 Å². The number of ether oxygens (including phenoxy) is 1. The van der Waals surface area contributed by atoms with Gasteiger partial charge in [0.15, 0.2) is 0 Å². The Labute approximate surface area is 485 Å². The van der Waals surface area contributed by atoms with Crippen molar-refractivity contribution in [3.05, 3.63) is 236 Å². The van der Waals surface area contributed by atoms with Crippen molar-refractivity contribution >= 4 is 76.5 Å². The number of aromatic nitrogens is 3. The zero-order valence-electron chi connectivity index (χ0n) is 53.1. The molecule has 12 aromatic rings. The minimum atomic E-state index is -3.49. The van der Waals surface area contributed by atoms with Gasteiger partial charge in [-0.05, 0) is 129 Å². The number of hydrogen-bond acceptors (Lipinski definition) is 3. The molecule has 9 aromatic carbocycles. The Morgan fingerprint density at radius 1 is 0.474 bits per heavy atom. The zero-order valence-corrected chi connectivity index (χ0v) is 46.4. The van der Waals surface area contributed by atoms with Crippen LogP contribution in [-0.2, 0) is 37.3 Å². The third kappa shape index (κ3) is 8.70. The second-order valence-corrected chi connectivity index (χ2v) is 22.3. The van der Waals surface area contributed by atoms with Crippen LogP contribution in [0.15, 0.2) is 200 Å². The second kappa shape index (κ2) is 19.1. The molecule has 388 valence electrons. The molecule has 0 atom stereocenters. The number of anilines is 2. The number of hydrogen-bond donors (Lipinski definition) is 0. The van der Waals surface area contributed by atoms with Crippen molar-refractivity contribution in [1.82, 2.24) is 14.1 Å². The third-order valence-electron chi connectivity index (χ3n) is 15.1. The molecular formula is C72H61N4OPt-3. The van der Waals surface area contributed by atoms with E-state index in [4.69, 9.17) is 22.1 Å². The number of fused-ring (bicyclic) bond motifs is 10. The van der Waals surface area contributed by atoms with Crippen LogP contribution in [0.4, 0.5) is 11.4 Å². The number of benzene rings is 9. The van der Waals surface area contributed by atoms with E-state index in [1.54, 1.807) is 0 Å². The number of nitrogens with zero attached hydrogens (tertiary/aromatic N) is 4. The van der Waals surface area contributed by atoms with Gasteiger partial charge in [0.1, 0.15) is 5.82 Å². The van der Waals surface area contributed by atoms with E-state index < -0.39 is 31.4 Å². The van der Waals surface area contributed by atoms with Crippen molar-refractivity contribution in [2.75, 3.05) is 4.90 Å². The van der Waals surface area contributed by atoms with E-state index in [-0.39, 0.29) is 32.0 Å². The molecule has 0 aliphatic carbocycles. The van der Waals surface area contributed by atoms with Crippen molar-refractivity contribution in [1.29, 1.82) is 0 Å². The molecule has 0 amide bonds. The first-order valence-corrected chi connectivity index (χ1v) is 26.1. The maximum atomic E-state index is 8.88. The molecule has 1 aliphatic heterocycles. The van der Waals surface area contributed by atoms with Crippen LogP contribution < -0.4 is 9.64 Å². The minimum absolute atomic E-state index is 0. The second-order valence-electron chi connectivity index (χ2n) is 22.3. The summed E-state index contributed by atoms with van der Waals surface area (Å²) in [5.74, 6) is 1.70.